The van der Waals surface area contributed by atoms with Gasteiger partial charge in [-0.05, 0) is 30.7 Å². The number of halogens is 1. The molecule has 0 aromatic heterocycles. The van der Waals surface area contributed by atoms with Crippen molar-refractivity contribution in [3.63, 3.8) is 0 Å². The van der Waals surface area contributed by atoms with Crippen LogP contribution in [0.15, 0.2) is 11.6 Å². The van der Waals surface area contributed by atoms with E-state index >= 15 is 0 Å². The normalized spacial score (nSPS) is 26.9. The number of allylic oxidation sites excluding steroid dienone is 2. The minimum atomic E-state index is -1.05. The maximum absolute atomic E-state index is 6.51. The zero-order valence-electron chi connectivity index (χ0n) is 8.86. The second kappa shape index (κ2) is 2.87. The van der Waals surface area contributed by atoms with Crippen LogP contribution in [0.2, 0.25) is 24.7 Å². The van der Waals surface area contributed by atoms with E-state index in [4.69, 9.17) is 11.6 Å². The van der Waals surface area contributed by atoms with Gasteiger partial charge in [0.25, 0.3) is 0 Å². The van der Waals surface area contributed by atoms with Crippen molar-refractivity contribution in [2.45, 2.75) is 55.7 Å². The van der Waals surface area contributed by atoms with Gasteiger partial charge in [0.1, 0.15) is 0 Å². The van der Waals surface area contributed by atoms with Crippen LogP contribution < -0.4 is 0 Å². The van der Waals surface area contributed by atoms with Crippen LogP contribution in [0.3, 0.4) is 0 Å². The molecule has 2 aliphatic rings. The van der Waals surface area contributed by atoms with Crippen LogP contribution in [0.1, 0.15) is 25.7 Å². The lowest BCUT2D eigenvalue weighted by Crippen LogP contribution is -2.35. The molecule has 2 aliphatic carbocycles. The van der Waals surface area contributed by atoms with Crippen molar-refractivity contribution in [2.24, 2.45) is 0 Å². The Morgan fingerprint density at radius 2 is 1.85 bits per heavy atom. The molecule has 74 valence electrons. The van der Waals surface area contributed by atoms with Crippen LogP contribution in [-0.4, -0.2) is 13.5 Å². The molecule has 0 spiro atoms. The third kappa shape index (κ3) is 1.73. The third-order valence-corrected chi connectivity index (χ3v) is 8.26. The lowest BCUT2D eigenvalue weighted by molar-refractivity contribution is 0.848. The fraction of sp³-hybridized carbons (Fsp3) is 0.818. The van der Waals surface area contributed by atoms with E-state index in [-0.39, 0.29) is 0 Å². The fourth-order valence-corrected chi connectivity index (χ4v) is 6.09. The SMILES string of the molecule is C[Si](C)(C)C1(C(Cl)C=C2CC2)CC1. The van der Waals surface area contributed by atoms with E-state index in [1.54, 1.807) is 5.57 Å². The van der Waals surface area contributed by atoms with Gasteiger partial charge in [-0.15, -0.1) is 11.6 Å². The van der Waals surface area contributed by atoms with Gasteiger partial charge >= 0.3 is 0 Å². The molecule has 1 unspecified atom stereocenters. The molecule has 2 rings (SSSR count). The Morgan fingerprint density at radius 1 is 1.31 bits per heavy atom. The van der Waals surface area contributed by atoms with Crippen molar-refractivity contribution in [3.05, 3.63) is 11.6 Å². The monoisotopic (exact) mass is 214 g/mol. The molecule has 0 aliphatic heterocycles. The molecule has 0 amide bonds. The summed E-state index contributed by atoms with van der Waals surface area (Å²) in [5, 5.41) is 0.890. The van der Waals surface area contributed by atoms with Gasteiger partial charge in [-0.25, -0.2) is 0 Å². The molecule has 0 bridgehead atoms. The van der Waals surface area contributed by atoms with Gasteiger partial charge < -0.3 is 0 Å². The Morgan fingerprint density at radius 3 is 2.15 bits per heavy atom. The summed E-state index contributed by atoms with van der Waals surface area (Å²) in [5.74, 6) is 0. The summed E-state index contributed by atoms with van der Waals surface area (Å²) in [6.45, 7) is 7.38. The molecule has 2 saturated carbocycles. The molecule has 2 fully saturated rings. The highest BCUT2D eigenvalue weighted by Gasteiger charge is 2.56. The summed E-state index contributed by atoms with van der Waals surface area (Å²) >= 11 is 6.51. The second-order valence-corrected chi connectivity index (χ2v) is 11.6. The maximum atomic E-state index is 6.51. The predicted molar refractivity (Wildman–Crippen MR) is 62.2 cm³/mol. The Hall–Kier alpha value is 0.247. The second-order valence-electron chi connectivity index (χ2n) is 5.63. The highest BCUT2D eigenvalue weighted by molar-refractivity contribution is 6.81. The molecule has 0 heterocycles. The van der Waals surface area contributed by atoms with Crippen molar-refractivity contribution >= 4 is 19.7 Å². The first-order valence-corrected chi connectivity index (χ1v) is 9.23. The fourth-order valence-electron chi connectivity index (χ4n) is 2.18. The Labute approximate surface area is 87.4 Å². The first-order valence-electron chi connectivity index (χ1n) is 5.29. The van der Waals surface area contributed by atoms with Crippen molar-refractivity contribution in [2.75, 3.05) is 0 Å². The minimum absolute atomic E-state index is 0.344. The zero-order chi connectivity index (χ0) is 9.69. The summed E-state index contributed by atoms with van der Waals surface area (Å²) in [7, 11) is -1.05. The zero-order valence-corrected chi connectivity index (χ0v) is 10.6. The van der Waals surface area contributed by atoms with Gasteiger partial charge in [0.15, 0.2) is 0 Å². The summed E-state index contributed by atoms with van der Waals surface area (Å²) in [4.78, 5) is 0. The Balaban J connectivity index is 2.10. The van der Waals surface area contributed by atoms with E-state index < -0.39 is 8.07 Å². The lowest BCUT2D eigenvalue weighted by atomic mass is 10.2. The molecule has 0 aromatic carbocycles. The average molecular weight is 215 g/mol. The highest BCUT2D eigenvalue weighted by atomic mass is 35.5. The van der Waals surface area contributed by atoms with Crippen LogP contribution in [0.25, 0.3) is 0 Å². The van der Waals surface area contributed by atoms with E-state index in [0.29, 0.717) is 10.4 Å². The molecule has 0 nitrogen and oxygen atoms in total. The maximum Gasteiger partial charge on any atom is 0.0551 e. The number of hydrogen-bond acceptors (Lipinski definition) is 0. The van der Waals surface area contributed by atoms with Crippen molar-refractivity contribution in [1.29, 1.82) is 0 Å². The molecular weight excluding hydrogens is 196 g/mol. The average Bonchev–Trinajstić information content (AvgIpc) is 2.80. The molecule has 2 heteroatoms. The molecule has 1 atom stereocenters. The molecule has 0 N–H and O–H groups in total. The molecular formula is C11H19ClSi. The molecule has 0 saturated heterocycles. The minimum Gasteiger partial charge on any atom is -0.118 e. The lowest BCUT2D eigenvalue weighted by Gasteiger charge is -2.31. The van der Waals surface area contributed by atoms with Crippen LogP contribution >= 0.6 is 11.6 Å². The third-order valence-electron chi connectivity index (χ3n) is 3.73. The van der Waals surface area contributed by atoms with Crippen molar-refractivity contribution in [1.82, 2.24) is 0 Å². The van der Waals surface area contributed by atoms with Crippen molar-refractivity contribution < 1.29 is 0 Å². The number of rotatable bonds is 3. The van der Waals surface area contributed by atoms with Crippen LogP contribution in [0.5, 0.6) is 0 Å². The standard InChI is InChI=1S/C11H19ClSi/c1-13(2,3)11(6-7-11)10(12)8-9-4-5-9/h8,10H,4-7H2,1-3H3. The van der Waals surface area contributed by atoms with E-state index in [0.717, 1.165) is 0 Å². The van der Waals surface area contributed by atoms with E-state index in [1.165, 1.54) is 25.7 Å². The summed E-state index contributed by atoms with van der Waals surface area (Å²) < 4.78 is 0. The number of alkyl halides is 1. The van der Waals surface area contributed by atoms with Crippen LogP contribution in [0, 0.1) is 0 Å². The molecule has 0 radical (unpaired) electrons. The van der Waals surface area contributed by atoms with E-state index in [1.807, 2.05) is 0 Å². The van der Waals surface area contributed by atoms with E-state index in [2.05, 4.69) is 25.7 Å². The summed E-state index contributed by atoms with van der Waals surface area (Å²) in [5.41, 5.74) is 1.60. The van der Waals surface area contributed by atoms with Gasteiger partial charge in [0, 0.05) is 0 Å². The van der Waals surface area contributed by atoms with Crippen molar-refractivity contribution in [3.8, 4) is 0 Å². The first-order chi connectivity index (χ1) is 5.96. The van der Waals surface area contributed by atoms with Gasteiger partial charge in [0.05, 0.1) is 13.5 Å². The van der Waals surface area contributed by atoms with Gasteiger partial charge in [-0.1, -0.05) is 31.3 Å². The quantitative estimate of drug-likeness (QED) is 0.376. The molecule has 13 heavy (non-hydrogen) atoms. The van der Waals surface area contributed by atoms with Gasteiger partial charge in [0.2, 0.25) is 0 Å². The Kier molecular flexibility index (Phi) is 2.16. The number of hydrogen-bond donors (Lipinski definition) is 0. The Bertz CT molecular complexity index is 239. The predicted octanol–water partition coefficient (Wildman–Crippen LogP) is 4.19. The topological polar surface area (TPSA) is 0 Å². The molecule has 0 aromatic rings. The van der Waals surface area contributed by atoms with Gasteiger partial charge in [-0.2, -0.15) is 0 Å². The van der Waals surface area contributed by atoms with Gasteiger partial charge in [-0.3, -0.25) is 0 Å². The summed E-state index contributed by atoms with van der Waals surface area (Å²) in [6, 6.07) is 0. The summed E-state index contributed by atoms with van der Waals surface area (Å²) in [6.07, 6.45) is 7.73. The van der Waals surface area contributed by atoms with Crippen LogP contribution in [-0.2, 0) is 0 Å². The smallest absolute Gasteiger partial charge is 0.0551 e. The first kappa shape index (κ1) is 9.79. The van der Waals surface area contributed by atoms with E-state index in [9.17, 15) is 0 Å². The van der Waals surface area contributed by atoms with Crippen LogP contribution in [0.4, 0.5) is 0 Å². The largest absolute Gasteiger partial charge is 0.118 e. The highest BCUT2D eigenvalue weighted by Crippen LogP contribution is 2.65.